The first-order valence-electron chi connectivity index (χ1n) is 19.4. The van der Waals surface area contributed by atoms with Gasteiger partial charge in [0.1, 0.15) is 29.3 Å². The maximum absolute atomic E-state index is 6.85. The van der Waals surface area contributed by atoms with Crippen LogP contribution in [0.1, 0.15) is 29.0 Å². The van der Waals surface area contributed by atoms with Crippen molar-refractivity contribution in [2.24, 2.45) is 4.99 Å². The van der Waals surface area contributed by atoms with Gasteiger partial charge >= 0.3 is 0 Å². The lowest BCUT2D eigenvalue weighted by Gasteiger charge is -2.32. The fraction of sp³-hybridized carbons (Fsp3) is 0.0392. The maximum Gasteiger partial charge on any atom is 0.143 e. The Morgan fingerprint density at radius 3 is 2.00 bits per heavy atom. The average molecular weight is 751 g/mol. The van der Waals surface area contributed by atoms with Crippen LogP contribution in [0.15, 0.2) is 191 Å². The summed E-state index contributed by atoms with van der Waals surface area (Å²) in [5, 5.41) is 14.6. The number of amidine groups is 1. The molecule has 5 nitrogen and oxygen atoms in total. The van der Waals surface area contributed by atoms with Gasteiger partial charge in [0.15, 0.2) is 0 Å². The number of furan rings is 1. The molecule has 0 fully saturated rings. The molecule has 0 bridgehead atoms. The van der Waals surface area contributed by atoms with Crippen LogP contribution in [-0.4, -0.2) is 10.4 Å². The van der Waals surface area contributed by atoms with E-state index in [1.165, 1.54) is 47.7 Å². The van der Waals surface area contributed by atoms with Crippen molar-refractivity contribution in [2.45, 2.75) is 12.3 Å². The summed E-state index contributed by atoms with van der Waals surface area (Å²) in [6, 6.07) is 64.9. The molecule has 0 spiro atoms. The van der Waals surface area contributed by atoms with E-state index in [0.29, 0.717) is 0 Å². The SMILES string of the molecule is c1ccc(C2N=C(c3ccc4c(c3)oc3c(-c5ccc6sc7cccc(-n8c9ccccc9c9ccccc98)c7c6c5)cccc34)NC(c3ccccc3)N2)cc1. The molecule has 0 radical (unpaired) electrons. The summed E-state index contributed by atoms with van der Waals surface area (Å²) in [5.74, 6) is 0.827. The van der Waals surface area contributed by atoms with Crippen LogP contribution in [-0.2, 0) is 0 Å². The topological polar surface area (TPSA) is 54.5 Å². The third kappa shape index (κ3) is 5.15. The highest BCUT2D eigenvalue weighted by Gasteiger charge is 2.26. The number of nitrogens with zero attached hydrogens (tertiary/aromatic N) is 2. The van der Waals surface area contributed by atoms with Crippen LogP contribution in [0.4, 0.5) is 0 Å². The van der Waals surface area contributed by atoms with E-state index < -0.39 is 0 Å². The monoisotopic (exact) mass is 750 g/mol. The first-order chi connectivity index (χ1) is 28.2. The molecule has 2 unspecified atom stereocenters. The van der Waals surface area contributed by atoms with Gasteiger partial charge in [-0.05, 0) is 65.2 Å². The van der Waals surface area contributed by atoms with Crippen LogP contribution in [0.3, 0.4) is 0 Å². The highest BCUT2D eigenvalue weighted by atomic mass is 32.1. The molecule has 1 aliphatic rings. The lowest BCUT2D eigenvalue weighted by molar-refractivity contribution is 0.409. The molecule has 11 aromatic rings. The van der Waals surface area contributed by atoms with Crippen molar-refractivity contribution >= 4 is 81.1 Å². The number of aromatic nitrogens is 1. The fourth-order valence-corrected chi connectivity index (χ4v) is 9.95. The number of hydrogen-bond donors (Lipinski definition) is 2. The van der Waals surface area contributed by atoms with Crippen LogP contribution < -0.4 is 10.6 Å². The Morgan fingerprint density at radius 2 is 1.21 bits per heavy atom. The van der Waals surface area contributed by atoms with Crippen molar-refractivity contribution in [2.75, 3.05) is 0 Å². The quantitative estimate of drug-likeness (QED) is 0.184. The fourth-order valence-electron chi connectivity index (χ4n) is 8.85. The molecule has 0 aliphatic carbocycles. The Kier molecular flexibility index (Phi) is 7.24. The minimum atomic E-state index is -0.204. The van der Waals surface area contributed by atoms with E-state index in [-0.39, 0.29) is 12.3 Å². The lowest BCUT2D eigenvalue weighted by Crippen LogP contribution is -2.44. The number of rotatable bonds is 5. The lowest BCUT2D eigenvalue weighted by atomic mass is 9.99. The number of para-hydroxylation sites is 3. The minimum absolute atomic E-state index is 0.111. The molecule has 2 atom stereocenters. The zero-order valence-electron chi connectivity index (χ0n) is 30.7. The van der Waals surface area contributed by atoms with Gasteiger partial charge < -0.3 is 14.3 Å². The Balaban J connectivity index is 0.989. The van der Waals surface area contributed by atoms with Gasteiger partial charge in [-0.2, -0.15) is 0 Å². The Morgan fingerprint density at radius 1 is 0.526 bits per heavy atom. The zero-order valence-corrected chi connectivity index (χ0v) is 31.5. The van der Waals surface area contributed by atoms with Gasteiger partial charge in [-0.15, -0.1) is 11.3 Å². The van der Waals surface area contributed by atoms with Crippen LogP contribution in [0.2, 0.25) is 0 Å². The van der Waals surface area contributed by atoms with Gasteiger partial charge in [0.25, 0.3) is 0 Å². The molecule has 8 aromatic carbocycles. The third-order valence-electron chi connectivity index (χ3n) is 11.5. The summed E-state index contributed by atoms with van der Waals surface area (Å²) in [6.07, 6.45) is -0.315. The highest BCUT2D eigenvalue weighted by molar-refractivity contribution is 7.25. The average Bonchev–Trinajstić information content (AvgIpc) is 3.96. The molecule has 0 saturated heterocycles. The first-order valence-corrected chi connectivity index (χ1v) is 20.2. The van der Waals surface area contributed by atoms with Crippen molar-refractivity contribution in [3.63, 3.8) is 0 Å². The molecule has 270 valence electrons. The second-order valence-corrected chi connectivity index (χ2v) is 15.9. The van der Waals surface area contributed by atoms with Gasteiger partial charge in [-0.1, -0.05) is 133 Å². The van der Waals surface area contributed by atoms with Gasteiger partial charge in [0.2, 0.25) is 0 Å². The number of fused-ring (bicyclic) bond motifs is 9. The second-order valence-electron chi connectivity index (χ2n) is 14.8. The number of aliphatic imine (C=N–C) groups is 1. The predicted molar refractivity (Wildman–Crippen MR) is 238 cm³/mol. The summed E-state index contributed by atoms with van der Waals surface area (Å²) in [7, 11) is 0. The number of hydrogen-bond acceptors (Lipinski definition) is 5. The standard InChI is InChI=1S/C51H34N4OS/c1-3-13-31(14-4-1)49-52-50(32-15-5-2-6-16-32)54-51(53-49)34-25-27-38-39-20-11-19-35(48(39)56-44(38)30-34)33-26-28-45-40(29-33)47-43(23-12-24-46(47)57-45)55-41-21-9-7-17-36(41)37-18-8-10-22-42(37)55/h1-30,49-50,52H,(H,53,54). The van der Waals surface area contributed by atoms with Crippen LogP contribution in [0, 0.1) is 0 Å². The second kappa shape index (κ2) is 12.8. The molecule has 0 saturated carbocycles. The summed E-state index contributed by atoms with van der Waals surface area (Å²) in [5.41, 5.74) is 10.8. The van der Waals surface area contributed by atoms with Crippen molar-refractivity contribution in [3.05, 3.63) is 199 Å². The number of thiophene rings is 1. The summed E-state index contributed by atoms with van der Waals surface area (Å²) >= 11 is 1.85. The van der Waals surface area contributed by atoms with E-state index in [1.807, 2.05) is 23.5 Å². The van der Waals surface area contributed by atoms with E-state index >= 15 is 0 Å². The molecular weight excluding hydrogens is 717 g/mol. The van der Waals surface area contributed by atoms with Gasteiger partial charge in [-0.25, -0.2) is 4.99 Å². The molecule has 6 heteroatoms. The normalized spacial score (nSPS) is 15.9. The molecule has 0 amide bonds. The summed E-state index contributed by atoms with van der Waals surface area (Å²) in [6.45, 7) is 0. The van der Waals surface area contributed by atoms with Crippen LogP contribution in [0.25, 0.3) is 80.7 Å². The van der Waals surface area contributed by atoms with Crippen molar-refractivity contribution in [1.82, 2.24) is 15.2 Å². The summed E-state index contributed by atoms with van der Waals surface area (Å²) < 4.78 is 11.8. The van der Waals surface area contributed by atoms with E-state index in [4.69, 9.17) is 9.41 Å². The summed E-state index contributed by atoms with van der Waals surface area (Å²) in [4.78, 5) is 5.18. The smallest absolute Gasteiger partial charge is 0.143 e. The number of nitrogens with one attached hydrogen (secondary N) is 2. The van der Waals surface area contributed by atoms with Crippen molar-refractivity contribution < 1.29 is 4.42 Å². The molecule has 2 N–H and O–H groups in total. The van der Waals surface area contributed by atoms with Gasteiger partial charge in [-0.3, -0.25) is 5.32 Å². The van der Waals surface area contributed by atoms with Crippen molar-refractivity contribution in [1.29, 1.82) is 0 Å². The van der Waals surface area contributed by atoms with E-state index in [9.17, 15) is 0 Å². The molecule has 57 heavy (non-hydrogen) atoms. The van der Waals surface area contributed by atoms with Gasteiger partial charge in [0, 0.05) is 52.8 Å². The highest BCUT2D eigenvalue weighted by Crippen LogP contribution is 2.44. The third-order valence-corrected chi connectivity index (χ3v) is 12.6. The minimum Gasteiger partial charge on any atom is -0.455 e. The van der Waals surface area contributed by atoms with Crippen molar-refractivity contribution in [3.8, 4) is 16.8 Å². The molecule has 1 aliphatic heterocycles. The van der Waals surface area contributed by atoms with E-state index in [2.05, 4.69) is 185 Å². The Bertz CT molecular complexity index is 3320. The zero-order chi connectivity index (χ0) is 37.5. The molecular formula is C51H34N4OS. The largest absolute Gasteiger partial charge is 0.455 e. The van der Waals surface area contributed by atoms with Crippen LogP contribution in [0.5, 0.6) is 0 Å². The number of benzene rings is 8. The molecule has 3 aromatic heterocycles. The van der Waals surface area contributed by atoms with E-state index in [1.54, 1.807) is 0 Å². The predicted octanol–water partition coefficient (Wildman–Crippen LogP) is 13.1. The van der Waals surface area contributed by atoms with Crippen LogP contribution >= 0.6 is 11.3 Å². The Hall–Kier alpha value is -6.99. The first kappa shape index (κ1) is 32.3. The Labute approximate surface area is 332 Å². The van der Waals surface area contributed by atoms with E-state index in [0.717, 1.165) is 55.6 Å². The molecule has 4 heterocycles. The molecule has 12 rings (SSSR count). The maximum atomic E-state index is 6.85. The van der Waals surface area contributed by atoms with Gasteiger partial charge in [0.05, 0.1) is 16.7 Å².